The Bertz CT molecular complexity index is 647. The van der Waals surface area contributed by atoms with Crippen LogP contribution >= 0.6 is 0 Å². The number of rotatable bonds is 5. The van der Waals surface area contributed by atoms with Crippen LogP contribution in [0.5, 0.6) is 0 Å². The third kappa shape index (κ3) is 3.30. The molecule has 3 heteroatoms. The zero-order chi connectivity index (χ0) is 15.4. The molecule has 2 aromatic carbocycles. The molecule has 1 saturated carbocycles. The minimum atomic E-state index is -0.0355. The molecule has 114 valence electrons. The van der Waals surface area contributed by atoms with Gasteiger partial charge in [-0.05, 0) is 48.4 Å². The number of amides is 1. The fourth-order valence-corrected chi connectivity index (χ4v) is 3.17. The van der Waals surface area contributed by atoms with Crippen LogP contribution in [-0.4, -0.2) is 12.5 Å². The first kappa shape index (κ1) is 14.6. The van der Waals surface area contributed by atoms with Crippen molar-refractivity contribution in [2.75, 3.05) is 12.3 Å². The third-order valence-corrected chi connectivity index (χ3v) is 4.61. The molecular weight excluding hydrogens is 272 g/mol. The van der Waals surface area contributed by atoms with Gasteiger partial charge in [0.05, 0.1) is 0 Å². The molecule has 1 aliphatic rings. The van der Waals surface area contributed by atoms with Gasteiger partial charge in [-0.15, -0.1) is 0 Å². The number of hydrogen-bond donors (Lipinski definition) is 2. The number of hydrogen-bond acceptors (Lipinski definition) is 2. The summed E-state index contributed by atoms with van der Waals surface area (Å²) >= 11 is 0. The van der Waals surface area contributed by atoms with Crippen molar-refractivity contribution >= 4 is 11.6 Å². The quantitative estimate of drug-likeness (QED) is 0.830. The van der Waals surface area contributed by atoms with E-state index in [1.54, 1.807) is 18.2 Å². The van der Waals surface area contributed by atoms with Crippen molar-refractivity contribution in [3.05, 3.63) is 65.7 Å². The second-order valence-corrected chi connectivity index (χ2v) is 6.32. The van der Waals surface area contributed by atoms with Crippen LogP contribution in [0.4, 0.5) is 5.69 Å². The van der Waals surface area contributed by atoms with Gasteiger partial charge in [0.1, 0.15) is 0 Å². The Morgan fingerprint density at radius 2 is 1.86 bits per heavy atom. The number of nitrogens with two attached hydrogens (primary N) is 1. The largest absolute Gasteiger partial charge is 0.399 e. The van der Waals surface area contributed by atoms with Crippen LogP contribution < -0.4 is 11.1 Å². The van der Waals surface area contributed by atoms with E-state index in [2.05, 4.69) is 29.6 Å². The molecular formula is C19H22N2O. The van der Waals surface area contributed by atoms with Gasteiger partial charge in [0.25, 0.3) is 5.91 Å². The highest BCUT2D eigenvalue weighted by atomic mass is 16.1. The molecule has 0 unspecified atom stereocenters. The van der Waals surface area contributed by atoms with Crippen molar-refractivity contribution < 1.29 is 4.79 Å². The zero-order valence-corrected chi connectivity index (χ0v) is 12.7. The van der Waals surface area contributed by atoms with E-state index >= 15 is 0 Å². The Balaban J connectivity index is 1.62. The summed E-state index contributed by atoms with van der Waals surface area (Å²) in [7, 11) is 0. The highest BCUT2D eigenvalue weighted by molar-refractivity contribution is 5.95. The van der Waals surface area contributed by atoms with Crippen LogP contribution in [0.2, 0.25) is 0 Å². The topological polar surface area (TPSA) is 55.1 Å². The molecule has 1 amide bonds. The summed E-state index contributed by atoms with van der Waals surface area (Å²) in [4.78, 5) is 12.3. The number of anilines is 1. The average molecular weight is 294 g/mol. The van der Waals surface area contributed by atoms with E-state index < -0.39 is 0 Å². The van der Waals surface area contributed by atoms with Crippen molar-refractivity contribution in [3.63, 3.8) is 0 Å². The maximum absolute atomic E-state index is 12.3. The highest BCUT2D eigenvalue weighted by Crippen LogP contribution is 2.43. The molecule has 0 heterocycles. The van der Waals surface area contributed by atoms with Gasteiger partial charge in [-0.1, -0.05) is 42.8 Å². The molecule has 1 aliphatic carbocycles. The van der Waals surface area contributed by atoms with Crippen molar-refractivity contribution in [1.29, 1.82) is 0 Å². The molecule has 0 spiro atoms. The summed E-state index contributed by atoms with van der Waals surface area (Å²) in [5, 5.41) is 3.09. The first-order valence-electron chi connectivity index (χ1n) is 7.85. The van der Waals surface area contributed by atoms with Crippen molar-refractivity contribution in [2.24, 2.45) is 5.41 Å². The minimum absolute atomic E-state index is 0.0355. The second-order valence-electron chi connectivity index (χ2n) is 6.32. The lowest BCUT2D eigenvalue weighted by atomic mass is 9.65. The molecule has 0 saturated heterocycles. The molecule has 2 aromatic rings. The van der Waals surface area contributed by atoms with Gasteiger partial charge >= 0.3 is 0 Å². The summed E-state index contributed by atoms with van der Waals surface area (Å²) < 4.78 is 0. The Morgan fingerprint density at radius 3 is 2.50 bits per heavy atom. The lowest BCUT2D eigenvalue weighted by Crippen LogP contribution is -2.43. The summed E-state index contributed by atoms with van der Waals surface area (Å²) in [5.74, 6) is -0.0355. The van der Waals surface area contributed by atoms with Crippen molar-refractivity contribution in [2.45, 2.75) is 25.7 Å². The van der Waals surface area contributed by atoms with E-state index in [1.165, 1.54) is 24.8 Å². The maximum Gasteiger partial charge on any atom is 0.251 e. The number of carbonyl (C=O) groups is 1. The first-order chi connectivity index (χ1) is 10.7. The Labute approximate surface area is 131 Å². The van der Waals surface area contributed by atoms with E-state index in [4.69, 9.17) is 5.73 Å². The number of benzene rings is 2. The van der Waals surface area contributed by atoms with E-state index in [0.717, 1.165) is 13.0 Å². The fourth-order valence-electron chi connectivity index (χ4n) is 3.17. The molecule has 3 N–H and O–H groups in total. The Kier molecular flexibility index (Phi) is 4.14. The van der Waals surface area contributed by atoms with E-state index in [9.17, 15) is 4.79 Å². The van der Waals surface area contributed by atoms with Crippen LogP contribution in [0.3, 0.4) is 0 Å². The summed E-state index contributed by atoms with van der Waals surface area (Å²) in [5.41, 5.74) is 8.56. The molecule has 3 rings (SSSR count). The average Bonchev–Trinajstić information content (AvgIpc) is 2.50. The van der Waals surface area contributed by atoms with Gasteiger partial charge in [-0.3, -0.25) is 4.79 Å². The summed E-state index contributed by atoms with van der Waals surface area (Å²) in [6.45, 7) is 0.732. The fraction of sp³-hybridized carbons (Fsp3) is 0.316. The van der Waals surface area contributed by atoms with Crippen molar-refractivity contribution in [1.82, 2.24) is 5.32 Å². The van der Waals surface area contributed by atoms with Crippen LogP contribution in [0.25, 0.3) is 0 Å². The van der Waals surface area contributed by atoms with Crippen LogP contribution in [0, 0.1) is 5.41 Å². The lowest BCUT2D eigenvalue weighted by molar-refractivity contribution is 0.0859. The van der Waals surface area contributed by atoms with Gasteiger partial charge in [-0.25, -0.2) is 0 Å². The monoisotopic (exact) mass is 294 g/mol. The van der Waals surface area contributed by atoms with Crippen LogP contribution in [0.1, 0.15) is 35.2 Å². The van der Waals surface area contributed by atoms with Gasteiger partial charge in [-0.2, -0.15) is 0 Å². The van der Waals surface area contributed by atoms with Gasteiger partial charge in [0, 0.05) is 17.8 Å². The molecule has 0 atom stereocenters. The normalized spacial score (nSPS) is 15.8. The summed E-state index contributed by atoms with van der Waals surface area (Å²) in [6, 6.07) is 17.7. The second kappa shape index (κ2) is 6.22. The van der Waals surface area contributed by atoms with Crippen LogP contribution in [0.15, 0.2) is 54.6 Å². The molecule has 22 heavy (non-hydrogen) atoms. The molecule has 0 aliphatic heterocycles. The van der Waals surface area contributed by atoms with Crippen molar-refractivity contribution in [3.8, 4) is 0 Å². The minimum Gasteiger partial charge on any atom is -0.399 e. The molecule has 0 radical (unpaired) electrons. The molecule has 0 bridgehead atoms. The number of carbonyl (C=O) groups excluding carboxylic acids is 1. The molecule has 3 nitrogen and oxygen atoms in total. The predicted octanol–water partition coefficient (Wildman–Crippen LogP) is 3.41. The van der Waals surface area contributed by atoms with Gasteiger partial charge < -0.3 is 11.1 Å². The highest BCUT2D eigenvalue weighted by Gasteiger charge is 2.37. The zero-order valence-electron chi connectivity index (χ0n) is 12.7. The third-order valence-electron chi connectivity index (χ3n) is 4.61. The number of nitrogens with one attached hydrogen (secondary N) is 1. The molecule has 1 fully saturated rings. The smallest absolute Gasteiger partial charge is 0.251 e. The first-order valence-corrected chi connectivity index (χ1v) is 7.85. The van der Waals surface area contributed by atoms with Gasteiger partial charge in [0.2, 0.25) is 0 Å². The lowest BCUT2D eigenvalue weighted by Gasteiger charge is -2.42. The summed E-state index contributed by atoms with van der Waals surface area (Å²) in [6.07, 6.45) is 4.64. The SMILES string of the molecule is Nc1cccc(C(=O)NCC2(Cc3ccccc3)CCC2)c1. The number of nitrogen functional groups attached to an aromatic ring is 1. The predicted molar refractivity (Wildman–Crippen MR) is 89.6 cm³/mol. The van der Waals surface area contributed by atoms with E-state index in [1.807, 2.05) is 12.1 Å². The Morgan fingerprint density at radius 1 is 1.09 bits per heavy atom. The maximum atomic E-state index is 12.3. The molecule has 0 aromatic heterocycles. The van der Waals surface area contributed by atoms with E-state index in [0.29, 0.717) is 11.3 Å². The van der Waals surface area contributed by atoms with Gasteiger partial charge in [0.15, 0.2) is 0 Å². The Hall–Kier alpha value is -2.29. The standard InChI is InChI=1S/C19H22N2O/c20-17-9-4-8-16(12-17)18(22)21-14-19(10-5-11-19)13-15-6-2-1-3-7-15/h1-4,6-9,12H,5,10-11,13-14,20H2,(H,21,22). The van der Waals surface area contributed by atoms with E-state index in [-0.39, 0.29) is 11.3 Å². The van der Waals surface area contributed by atoms with Crippen LogP contribution in [-0.2, 0) is 6.42 Å².